The molecule has 0 atom stereocenters. The van der Waals surface area contributed by atoms with E-state index in [9.17, 15) is 0 Å². The summed E-state index contributed by atoms with van der Waals surface area (Å²) in [5.74, 6) is 2.01. The molecule has 2 N–H and O–H groups in total. The number of nitrogens with two attached hydrogens (primary N) is 1. The maximum atomic E-state index is 5.89. The largest absolute Gasteiger partial charge is 0.454 e. The van der Waals surface area contributed by atoms with Crippen molar-refractivity contribution in [1.29, 1.82) is 0 Å². The Labute approximate surface area is 124 Å². The predicted octanol–water partition coefficient (Wildman–Crippen LogP) is 3.57. The topological polar surface area (TPSA) is 83.7 Å². The first-order valence-corrected chi connectivity index (χ1v) is 6.51. The number of hydrogen-bond donors (Lipinski definition) is 1. The van der Waals surface area contributed by atoms with Crippen LogP contribution in [0.15, 0.2) is 39.3 Å². The van der Waals surface area contributed by atoms with Gasteiger partial charge in [0.05, 0.1) is 5.56 Å². The SMILES string of the molecule is Nc1onc(-c2ccc(Cl)o2)c1-c1ccc2c(c1)OCO2. The van der Waals surface area contributed by atoms with Gasteiger partial charge in [-0.25, -0.2) is 0 Å². The minimum atomic E-state index is 0.191. The highest BCUT2D eigenvalue weighted by atomic mass is 35.5. The lowest BCUT2D eigenvalue weighted by Crippen LogP contribution is -1.92. The van der Waals surface area contributed by atoms with Gasteiger partial charge in [-0.2, -0.15) is 0 Å². The second-order valence-electron chi connectivity index (χ2n) is 4.44. The highest BCUT2D eigenvalue weighted by Gasteiger charge is 2.22. The zero-order chi connectivity index (χ0) is 14.4. The molecule has 1 aliphatic heterocycles. The van der Waals surface area contributed by atoms with Crippen molar-refractivity contribution < 1.29 is 18.4 Å². The molecule has 1 aliphatic rings. The van der Waals surface area contributed by atoms with E-state index in [2.05, 4.69) is 5.16 Å². The fraction of sp³-hybridized carbons (Fsp3) is 0.0714. The van der Waals surface area contributed by atoms with Crippen molar-refractivity contribution in [2.45, 2.75) is 0 Å². The Morgan fingerprint density at radius 2 is 1.95 bits per heavy atom. The van der Waals surface area contributed by atoms with E-state index in [1.807, 2.05) is 18.2 Å². The zero-order valence-corrected chi connectivity index (χ0v) is 11.4. The van der Waals surface area contributed by atoms with Crippen molar-refractivity contribution in [3.05, 3.63) is 35.6 Å². The molecule has 106 valence electrons. The highest BCUT2D eigenvalue weighted by Crippen LogP contribution is 2.41. The summed E-state index contributed by atoms with van der Waals surface area (Å²) >= 11 is 5.80. The van der Waals surface area contributed by atoms with Crippen LogP contribution in [0.25, 0.3) is 22.6 Å². The lowest BCUT2D eigenvalue weighted by Gasteiger charge is -2.02. The number of nitrogens with zero attached hydrogens (tertiary/aromatic N) is 1. The van der Waals surface area contributed by atoms with Crippen LogP contribution in [-0.4, -0.2) is 11.9 Å². The van der Waals surface area contributed by atoms with Gasteiger partial charge in [0.15, 0.2) is 28.2 Å². The van der Waals surface area contributed by atoms with E-state index in [1.54, 1.807) is 12.1 Å². The van der Waals surface area contributed by atoms with Crippen LogP contribution >= 0.6 is 11.6 Å². The third-order valence-corrected chi connectivity index (χ3v) is 3.39. The molecule has 0 saturated carbocycles. The Kier molecular flexibility index (Phi) is 2.58. The summed E-state index contributed by atoms with van der Waals surface area (Å²) in [6.45, 7) is 0.207. The van der Waals surface area contributed by atoms with Gasteiger partial charge in [-0.05, 0) is 41.4 Å². The van der Waals surface area contributed by atoms with Crippen LogP contribution in [-0.2, 0) is 0 Å². The minimum Gasteiger partial charge on any atom is -0.454 e. The van der Waals surface area contributed by atoms with Crippen molar-refractivity contribution in [2.75, 3.05) is 12.5 Å². The molecule has 4 rings (SSSR count). The average Bonchev–Trinajstić information content (AvgIpc) is 3.17. The molecular weight excluding hydrogens is 296 g/mol. The number of rotatable bonds is 2. The molecule has 0 aliphatic carbocycles. The molecule has 6 nitrogen and oxygen atoms in total. The number of ether oxygens (including phenoxy) is 2. The van der Waals surface area contributed by atoms with Crippen LogP contribution in [0.1, 0.15) is 0 Å². The minimum absolute atomic E-state index is 0.191. The first-order chi connectivity index (χ1) is 10.2. The standard InChI is InChI=1S/C14H9ClN2O4/c15-11-4-3-9(20-11)13-12(14(16)21-17-13)7-1-2-8-10(5-7)19-6-18-8/h1-5H,6,16H2. The molecular formula is C14H9ClN2O4. The normalized spacial score (nSPS) is 12.8. The van der Waals surface area contributed by atoms with E-state index in [4.69, 9.17) is 35.7 Å². The van der Waals surface area contributed by atoms with Gasteiger partial charge in [0.25, 0.3) is 0 Å². The van der Waals surface area contributed by atoms with Crippen LogP contribution < -0.4 is 15.2 Å². The third kappa shape index (κ3) is 1.92. The molecule has 1 aromatic carbocycles. The van der Waals surface area contributed by atoms with E-state index in [0.717, 1.165) is 5.56 Å². The summed E-state index contributed by atoms with van der Waals surface area (Å²) in [4.78, 5) is 0. The van der Waals surface area contributed by atoms with E-state index >= 15 is 0 Å². The number of anilines is 1. The maximum absolute atomic E-state index is 5.89. The fourth-order valence-electron chi connectivity index (χ4n) is 2.24. The summed E-state index contributed by atoms with van der Waals surface area (Å²) in [5.41, 5.74) is 7.79. The number of benzene rings is 1. The van der Waals surface area contributed by atoms with E-state index in [1.165, 1.54) is 0 Å². The molecule has 0 bridgehead atoms. The molecule has 0 saturated heterocycles. The van der Waals surface area contributed by atoms with Gasteiger partial charge in [0.2, 0.25) is 12.7 Å². The quantitative estimate of drug-likeness (QED) is 0.779. The lowest BCUT2D eigenvalue weighted by atomic mass is 10.0. The zero-order valence-electron chi connectivity index (χ0n) is 10.6. The van der Waals surface area contributed by atoms with Crippen LogP contribution in [0.4, 0.5) is 5.88 Å². The Morgan fingerprint density at radius 1 is 1.10 bits per heavy atom. The van der Waals surface area contributed by atoms with Gasteiger partial charge >= 0.3 is 0 Å². The van der Waals surface area contributed by atoms with Gasteiger partial charge in [-0.3, -0.25) is 0 Å². The molecule has 0 unspecified atom stereocenters. The first kappa shape index (κ1) is 12.2. The van der Waals surface area contributed by atoms with Crippen molar-refractivity contribution in [2.24, 2.45) is 0 Å². The molecule has 7 heteroatoms. The van der Waals surface area contributed by atoms with E-state index in [-0.39, 0.29) is 17.9 Å². The summed E-state index contributed by atoms with van der Waals surface area (Å²) < 4.78 is 21.1. The Bertz CT molecular complexity index is 824. The Hall–Kier alpha value is -2.60. The number of fused-ring (bicyclic) bond motifs is 1. The molecule has 21 heavy (non-hydrogen) atoms. The van der Waals surface area contributed by atoms with Gasteiger partial charge in [-0.1, -0.05) is 11.2 Å². The van der Waals surface area contributed by atoms with Crippen molar-refractivity contribution >= 4 is 17.5 Å². The average molecular weight is 305 g/mol. The summed E-state index contributed by atoms with van der Waals surface area (Å²) in [6.07, 6.45) is 0. The van der Waals surface area contributed by atoms with Crippen LogP contribution in [0.5, 0.6) is 11.5 Å². The number of hydrogen-bond acceptors (Lipinski definition) is 6. The molecule has 0 fully saturated rings. The van der Waals surface area contributed by atoms with Gasteiger partial charge in [-0.15, -0.1) is 0 Å². The highest BCUT2D eigenvalue weighted by molar-refractivity contribution is 6.29. The first-order valence-electron chi connectivity index (χ1n) is 6.13. The van der Waals surface area contributed by atoms with E-state index < -0.39 is 0 Å². The molecule has 3 aromatic rings. The molecule has 0 amide bonds. The van der Waals surface area contributed by atoms with Gasteiger partial charge in [0.1, 0.15) is 0 Å². The fourth-order valence-corrected chi connectivity index (χ4v) is 2.39. The number of aromatic nitrogens is 1. The van der Waals surface area contributed by atoms with Crippen molar-refractivity contribution in [1.82, 2.24) is 5.16 Å². The number of furan rings is 1. The van der Waals surface area contributed by atoms with Crippen LogP contribution in [0.2, 0.25) is 5.22 Å². The Balaban J connectivity index is 1.87. The molecule has 3 heterocycles. The van der Waals surface area contributed by atoms with Crippen LogP contribution in [0.3, 0.4) is 0 Å². The summed E-state index contributed by atoms with van der Waals surface area (Å²) in [7, 11) is 0. The molecule has 0 radical (unpaired) electrons. The Morgan fingerprint density at radius 3 is 2.76 bits per heavy atom. The predicted molar refractivity (Wildman–Crippen MR) is 75.2 cm³/mol. The maximum Gasteiger partial charge on any atom is 0.231 e. The summed E-state index contributed by atoms with van der Waals surface area (Å²) in [6, 6.07) is 8.81. The summed E-state index contributed by atoms with van der Waals surface area (Å²) in [5, 5.41) is 4.21. The van der Waals surface area contributed by atoms with Crippen molar-refractivity contribution in [3.8, 4) is 34.1 Å². The number of nitrogen functional groups attached to an aromatic ring is 1. The van der Waals surface area contributed by atoms with Gasteiger partial charge in [0, 0.05) is 0 Å². The third-order valence-electron chi connectivity index (χ3n) is 3.19. The molecule has 0 spiro atoms. The van der Waals surface area contributed by atoms with E-state index in [0.29, 0.717) is 28.5 Å². The van der Waals surface area contributed by atoms with Crippen molar-refractivity contribution in [3.63, 3.8) is 0 Å². The lowest BCUT2D eigenvalue weighted by molar-refractivity contribution is 0.174. The van der Waals surface area contributed by atoms with Crippen LogP contribution in [0, 0.1) is 0 Å². The smallest absolute Gasteiger partial charge is 0.231 e. The van der Waals surface area contributed by atoms with Gasteiger partial charge < -0.3 is 24.1 Å². The second-order valence-corrected chi connectivity index (χ2v) is 4.81. The second kappa shape index (κ2) is 4.46. The number of halogens is 1. The molecule has 2 aromatic heterocycles. The monoisotopic (exact) mass is 304 g/mol.